The van der Waals surface area contributed by atoms with Crippen LogP contribution in [0.3, 0.4) is 0 Å². The molecule has 0 spiro atoms. The Labute approximate surface area is 81.1 Å². The van der Waals surface area contributed by atoms with Crippen molar-refractivity contribution in [1.29, 1.82) is 0 Å². The average molecular weight is 273 g/mol. The third-order valence-corrected chi connectivity index (χ3v) is 2.98. The van der Waals surface area contributed by atoms with E-state index < -0.39 is 14.6 Å². The second-order valence-electron chi connectivity index (χ2n) is 1.94. The predicted molar refractivity (Wildman–Crippen MR) is 47.8 cm³/mol. The van der Waals surface area contributed by atoms with Gasteiger partial charge < -0.3 is 4.98 Å². The van der Waals surface area contributed by atoms with Gasteiger partial charge in [0.05, 0.1) is 4.47 Å². The first-order valence-corrected chi connectivity index (χ1v) is 5.85. The summed E-state index contributed by atoms with van der Waals surface area (Å²) in [5.41, 5.74) is -0.531. The molecule has 0 amide bonds. The van der Waals surface area contributed by atoms with Crippen molar-refractivity contribution in [3.05, 3.63) is 27.0 Å². The largest absolute Gasteiger partial charge is 0.311 e. The Balaban J connectivity index is 3.43. The fraction of sp³-hybridized carbons (Fsp3) is 0. The number of aromatic amines is 1. The van der Waals surface area contributed by atoms with Gasteiger partial charge in [-0.05, 0) is 28.1 Å². The first-order chi connectivity index (χ1) is 5.41. The van der Waals surface area contributed by atoms with Gasteiger partial charge in [-0.3, -0.25) is 4.79 Å². The molecule has 0 aromatic carbocycles. The van der Waals surface area contributed by atoms with E-state index in [0.29, 0.717) is 0 Å². The molecule has 1 rings (SSSR count). The van der Waals surface area contributed by atoms with Gasteiger partial charge in [-0.25, -0.2) is 8.42 Å². The number of pyridine rings is 1. The minimum atomic E-state index is -3.85. The molecule has 0 atom stereocenters. The normalized spacial score (nSPS) is 11.5. The van der Waals surface area contributed by atoms with Gasteiger partial charge in [0.1, 0.15) is 0 Å². The summed E-state index contributed by atoms with van der Waals surface area (Å²) in [5.74, 6) is 0. The molecule has 0 aliphatic rings. The smallest absolute Gasteiger partial charge is 0.276 e. The van der Waals surface area contributed by atoms with Crippen LogP contribution in [0.1, 0.15) is 0 Å². The molecule has 12 heavy (non-hydrogen) atoms. The van der Waals surface area contributed by atoms with Crippen molar-refractivity contribution >= 4 is 35.7 Å². The van der Waals surface area contributed by atoms with Gasteiger partial charge in [-0.2, -0.15) is 0 Å². The Morgan fingerprint density at radius 2 is 2.00 bits per heavy atom. The highest BCUT2D eigenvalue weighted by molar-refractivity contribution is 9.10. The molecule has 0 bridgehead atoms. The Bertz CT molecular complexity index is 452. The highest BCUT2D eigenvalue weighted by Gasteiger charge is 2.10. The van der Waals surface area contributed by atoms with Crippen LogP contribution in [0.25, 0.3) is 0 Å². The van der Waals surface area contributed by atoms with E-state index in [2.05, 4.69) is 20.9 Å². The Morgan fingerprint density at radius 3 is 2.42 bits per heavy atom. The second-order valence-corrected chi connectivity index (χ2v) is 5.33. The zero-order valence-electron chi connectivity index (χ0n) is 5.54. The van der Waals surface area contributed by atoms with E-state index in [0.717, 1.165) is 0 Å². The van der Waals surface area contributed by atoms with E-state index in [1.165, 1.54) is 12.1 Å². The number of hydrogen-bond donors (Lipinski definition) is 1. The van der Waals surface area contributed by atoms with Gasteiger partial charge in [-0.1, -0.05) is 0 Å². The second kappa shape index (κ2) is 3.20. The maximum atomic E-state index is 10.9. The van der Waals surface area contributed by atoms with Crippen molar-refractivity contribution in [3.8, 4) is 0 Å². The molecular formula is C5H3BrClNO3S. The maximum Gasteiger partial charge on any atom is 0.276 e. The average Bonchev–Trinajstić information content (AvgIpc) is 1.92. The molecule has 0 fully saturated rings. The summed E-state index contributed by atoms with van der Waals surface area (Å²) in [6.45, 7) is 0. The minimum Gasteiger partial charge on any atom is -0.311 e. The summed E-state index contributed by atoms with van der Waals surface area (Å²) < 4.78 is 21.6. The van der Waals surface area contributed by atoms with Crippen LogP contribution in [0.4, 0.5) is 0 Å². The fourth-order valence-electron chi connectivity index (χ4n) is 0.580. The molecule has 0 saturated heterocycles. The molecule has 1 aromatic heterocycles. The molecule has 0 aliphatic carbocycles. The van der Waals surface area contributed by atoms with Crippen molar-refractivity contribution in [2.24, 2.45) is 0 Å². The SMILES string of the molecule is O=c1[nH]c(S(=O)(=O)Cl)ccc1Br. The Kier molecular flexibility index (Phi) is 2.60. The number of aromatic nitrogens is 1. The topological polar surface area (TPSA) is 67.0 Å². The molecule has 7 heteroatoms. The molecule has 66 valence electrons. The predicted octanol–water partition coefficient (Wildman–Crippen LogP) is 1.06. The van der Waals surface area contributed by atoms with Crippen LogP contribution in [0.2, 0.25) is 0 Å². The van der Waals surface area contributed by atoms with Crippen LogP contribution in [0, 0.1) is 0 Å². The summed E-state index contributed by atoms with van der Waals surface area (Å²) >= 11 is 2.91. The Hall–Kier alpha value is -0.330. The van der Waals surface area contributed by atoms with Crippen molar-refractivity contribution < 1.29 is 8.42 Å². The van der Waals surface area contributed by atoms with Gasteiger partial charge in [0.25, 0.3) is 14.6 Å². The molecule has 1 aromatic rings. The molecule has 0 saturated carbocycles. The third-order valence-electron chi connectivity index (χ3n) is 1.10. The highest BCUT2D eigenvalue weighted by atomic mass is 79.9. The molecule has 1 heterocycles. The van der Waals surface area contributed by atoms with E-state index in [9.17, 15) is 13.2 Å². The zero-order valence-corrected chi connectivity index (χ0v) is 8.70. The van der Waals surface area contributed by atoms with Gasteiger partial charge in [-0.15, -0.1) is 0 Å². The molecule has 0 aliphatic heterocycles. The van der Waals surface area contributed by atoms with E-state index in [1.807, 2.05) is 0 Å². The van der Waals surface area contributed by atoms with Gasteiger partial charge in [0.2, 0.25) is 0 Å². The summed E-state index contributed by atoms with van der Waals surface area (Å²) in [5, 5.41) is -0.308. The van der Waals surface area contributed by atoms with E-state index in [-0.39, 0.29) is 9.50 Å². The summed E-state index contributed by atoms with van der Waals surface area (Å²) in [4.78, 5) is 13.0. The van der Waals surface area contributed by atoms with Crippen molar-refractivity contribution in [2.45, 2.75) is 5.03 Å². The van der Waals surface area contributed by atoms with Gasteiger partial charge in [0.15, 0.2) is 5.03 Å². The van der Waals surface area contributed by atoms with Crippen LogP contribution in [-0.4, -0.2) is 13.4 Å². The van der Waals surface area contributed by atoms with Crippen LogP contribution in [0.15, 0.2) is 26.4 Å². The summed E-state index contributed by atoms with van der Waals surface area (Å²) in [6, 6.07) is 2.52. The molecule has 0 radical (unpaired) electrons. The van der Waals surface area contributed by atoms with Crippen LogP contribution < -0.4 is 5.56 Å². The van der Waals surface area contributed by atoms with E-state index in [1.54, 1.807) is 0 Å². The van der Waals surface area contributed by atoms with Crippen molar-refractivity contribution in [2.75, 3.05) is 0 Å². The van der Waals surface area contributed by atoms with Gasteiger partial charge >= 0.3 is 0 Å². The molecule has 1 N–H and O–H groups in total. The Morgan fingerprint density at radius 1 is 1.42 bits per heavy atom. The van der Waals surface area contributed by atoms with Crippen molar-refractivity contribution in [3.63, 3.8) is 0 Å². The first-order valence-electron chi connectivity index (χ1n) is 2.75. The lowest BCUT2D eigenvalue weighted by molar-refractivity contribution is 0.605. The quantitative estimate of drug-likeness (QED) is 0.778. The molecule has 0 unspecified atom stereocenters. The zero-order chi connectivity index (χ0) is 9.35. The van der Waals surface area contributed by atoms with Gasteiger partial charge in [0, 0.05) is 10.7 Å². The lowest BCUT2D eigenvalue weighted by Gasteiger charge is -1.94. The first kappa shape index (κ1) is 9.76. The molecule has 4 nitrogen and oxygen atoms in total. The number of rotatable bonds is 1. The fourth-order valence-corrected chi connectivity index (χ4v) is 1.53. The third kappa shape index (κ3) is 2.09. The minimum absolute atomic E-state index is 0.256. The van der Waals surface area contributed by atoms with Crippen LogP contribution >= 0.6 is 26.6 Å². The maximum absolute atomic E-state index is 10.9. The number of hydrogen-bond acceptors (Lipinski definition) is 3. The number of halogens is 2. The van der Waals surface area contributed by atoms with Crippen LogP contribution in [-0.2, 0) is 9.05 Å². The summed E-state index contributed by atoms with van der Waals surface area (Å²) in [7, 11) is 1.12. The standard InChI is InChI=1S/C5H3BrClNO3S/c6-3-1-2-4(8-5(3)9)12(7,10)11/h1-2H,(H,8,9). The van der Waals surface area contributed by atoms with E-state index >= 15 is 0 Å². The highest BCUT2D eigenvalue weighted by Crippen LogP contribution is 2.11. The lowest BCUT2D eigenvalue weighted by Crippen LogP contribution is -2.10. The summed E-state index contributed by atoms with van der Waals surface area (Å²) in [6.07, 6.45) is 0. The van der Waals surface area contributed by atoms with E-state index in [4.69, 9.17) is 10.7 Å². The molecular weight excluding hydrogens is 269 g/mol. The lowest BCUT2D eigenvalue weighted by atomic mass is 10.5. The van der Waals surface area contributed by atoms with Crippen molar-refractivity contribution in [1.82, 2.24) is 4.98 Å². The number of H-pyrrole nitrogens is 1. The monoisotopic (exact) mass is 271 g/mol. The van der Waals surface area contributed by atoms with Crippen LogP contribution in [0.5, 0.6) is 0 Å². The number of nitrogens with one attached hydrogen (secondary N) is 1.